The monoisotopic (exact) mass is 433 g/mol. The van der Waals surface area contributed by atoms with Gasteiger partial charge in [0.25, 0.3) is 5.56 Å². The number of amides is 1. The second kappa shape index (κ2) is 8.77. The molecule has 7 nitrogen and oxygen atoms in total. The van der Waals surface area contributed by atoms with Crippen LogP contribution in [0, 0.1) is 13.8 Å². The molecule has 4 rings (SSSR count). The number of nitrogens with one attached hydrogen (secondary N) is 1. The molecule has 0 radical (unpaired) electrons. The van der Waals surface area contributed by atoms with Crippen molar-refractivity contribution in [1.29, 1.82) is 0 Å². The van der Waals surface area contributed by atoms with Crippen molar-refractivity contribution >= 4 is 34.4 Å². The lowest BCUT2D eigenvalue weighted by Crippen LogP contribution is -2.22. The van der Waals surface area contributed by atoms with Crippen LogP contribution < -0.4 is 10.9 Å². The molecule has 0 atom stereocenters. The molecule has 0 bridgehead atoms. The van der Waals surface area contributed by atoms with Gasteiger partial charge in [-0.2, -0.15) is 5.10 Å². The predicted octanol–water partition coefficient (Wildman–Crippen LogP) is 3.53. The molecule has 4 aromatic rings. The standard InChI is InChI=1S/C23H23N5O2S/c1-15-5-4-6-17(11-15)13-28-20(9-10-24-28)26-21(29)14-31-23-25-19-8-7-16(2)12-18(19)22(30)27(23)3/h4-12H,13-14H2,1-3H3,(H,26,29). The zero-order chi connectivity index (χ0) is 22.0. The van der Waals surface area contributed by atoms with Crippen LogP contribution in [0.5, 0.6) is 0 Å². The molecular weight excluding hydrogens is 410 g/mol. The summed E-state index contributed by atoms with van der Waals surface area (Å²) in [6.07, 6.45) is 1.66. The van der Waals surface area contributed by atoms with Gasteiger partial charge >= 0.3 is 0 Å². The molecule has 158 valence electrons. The Balaban J connectivity index is 1.45. The molecule has 0 aliphatic heterocycles. The quantitative estimate of drug-likeness (QED) is 0.372. The van der Waals surface area contributed by atoms with E-state index in [9.17, 15) is 9.59 Å². The van der Waals surface area contributed by atoms with Gasteiger partial charge in [-0.1, -0.05) is 53.2 Å². The largest absolute Gasteiger partial charge is 0.310 e. The van der Waals surface area contributed by atoms with Gasteiger partial charge in [0.2, 0.25) is 5.91 Å². The van der Waals surface area contributed by atoms with E-state index in [1.54, 1.807) is 24.0 Å². The summed E-state index contributed by atoms with van der Waals surface area (Å²) in [5.74, 6) is 0.574. The molecule has 8 heteroatoms. The topological polar surface area (TPSA) is 81.8 Å². The molecule has 0 spiro atoms. The van der Waals surface area contributed by atoms with Crippen molar-refractivity contribution in [3.05, 3.63) is 81.8 Å². The smallest absolute Gasteiger partial charge is 0.261 e. The van der Waals surface area contributed by atoms with E-state index in [2.05, 4.69) is 21.5 Å². The third-order valence-electron chi connectivity index (χ3n) is 4.92. The van der Waals surface area contributed by atoms with E-state index in [1.807, 2.05) is 50.2 Å². The van der Waals surface area contributed by atoms with Gasteiger partial charge in [-0.25, -0.2) is 9.67 Å². The molecule has 2 aromatic heterocycles. The summed E-state index contributed by atoms with van der Waals surface area (Å²) in [6.45, 7) is 4.55. The van der Waals surface area contributed by atoms with Gasteiger partial charge in [0.1, 0.15) is 5.82 Å². The number of rotatable bonds is 6. The van der Waals surface area contributed by atoms with Gasteiger partial charge in [0.15, 0.2) is 5.16 Å². The number of aromatic nitrogens is 4. The van der Waals surface area contributed by atoms with E-state index in [0.717, 1.165) is 11.1 Å². The van der Waals surface area contributed by atoms with Gasteiger partial charge in [-0.05, 0) is 31.5 Å². The molecule has 0 aliphatic carbocycles. The summed E-state index contributed by atoms with van der Waals surface area (Å²) < 4.78 is 3.24. The average molecular weight is 434 g/mol. The number of hydrogen-bond donors (Lipinski definition) is 1. The van der Waals surface area contributed by atoms with Crippen LogP contribution in [0.4, 0.5) is 5.82 Å². The van der Waals surface area contributed by atoms with E-state index in [1.165, 1.54) is 21.9 Å². The van der Waals surface area contributed by atoms with Crippen molar-refractivity contribution in [3.8, 4) is 0 Å². The van der Waals surface area contributed by atoms with Gasteiger partial charge in [-0.3, -0.25) is 14.2 Å². The Morgan fingerprint density at radius 3 is 2.71 bits per heavy atom. The summed E-state index contributed by atoms with van der Waals surface area (Å²) in [5.41, 5.74) is 3.81. The summed E-state index contributed by atoms with van der Waals surface area (Å²) in [4.78, 5) is 29.8. The summed E-state index contributed by atoms with van der Waals surface area (Å²) >= 11 is 1.23. The Morgan fingerprint density at radius 1 is 1.10 bits per heavy atom. The number of hydrogen-bond acceptors (Lipinski definition) is 5. The van der Waals surface area contributed by atoms with E-state index >= 15 is 0 Å². The zero-order valence-electron chi connectivity index (χ0n) is 17.6. The van der Waals surface area contributed by atoms with Crippen molar-refractivity contribution < 1.29 is 4.79 Å². The number of nitrogens with zero attached hydrogens (tertiary/aromatic N) is 4. The maximum Gasteiger partial charge on any atom is 0.261 e. The normalized spacial score (nSPS) is 11.1. The zero-order valence-corrected chi connectivity index (χ0v) is 18.4. The third-order valence-corrected chi connectivity index (χ3v) is 5.95. The molecule has 31 heavy (non-hydrogen) atoms. The molecule has 0 saturated heterocycles. The predicted molar refractivity (Wildman–Crippen MR) is 124 cm³/mol. The molecule has 2 aromatic carbocycles. The average Bonchev–Trinajstić information content (AvgIpc) is 3.16. The van der Waals surface area contributed by atoms with Crippen LogP contribution in [0.1, 0.15) is 16.7 Å². The number of aryl methyl sites for hydroxylation is 2. The van der Waals surface area contributed by atoms with Gasteiger partial charge in [0.05, 0.1) is 29.4 Å². The first-order valence-electron chi connectivity index (χ1n) is 9.88. The minimum Gasteiger partial charge on any atom is -0.310 e. The van der Waals surface area contributed by atoms with Crippen LogP contribution >= 0.6 is 11.8 Å². The fourth-order valence-corrected chi connectivity index (χ4v) is 4.12. The molecule has 1 amide bonds. The molecule has 0 saturated carbocycles. The van der Waals surface area contributed by atoms with Crippen LogP contribution in [0.2, 0.25) is 0 Å². The van der Waals surface area contributed by atoms with Crippen LogP contribution in [0.15, 0.2) is 64.7 Å². The highest BCUT2D eigenvalue weighted by atomic mass is 32.2. The minimum atomic E-state index is -0.186. The number of anilines is 1. The highest BCUT2D eigenvalue weighted by Gasteiger charge is 2.13. The van der Waals surface area contributed by atoms with Crippen molar-refractivity contribution in [2.45, 2.75) is 25.5 Å². The summed E-state index contributed by atoms with van der Waals surface area (Å²) in [7, 11) is 1.67. The Hall–Kier alpha value is -3.39. The molecule has 0 unspecified atom stereocenters. The lowest BCUT2D eigenvalue weighted by molar-refractivity contribution is -0.113. The lowest BCUT2D eigenvalue weighted by atomic mass is 10.1. The van der Waals surface area contributed by atoms with Crippen LogP contribution in [-0.2, 0) is 18.4 Å². The van der Waals surface area contributed by atoms with Crippen LogP contribution in [-0.4, -0.2) is 31.0 Å². The first-order chi connectivity index (χ1) is 14.9. The first kappa shape index (κ1) is 20.9. The first-order valence-corrected chi connectivity index (χ1v) is 10.9. The third kappa shape index (κ3) is 4.69. The number of carbonyl (C=O) groups excluding carboxylic acids is 1. The highest BCUT2D eigenvalue weighted by Crippen LogP contribution is 2.19. The Kier molecular flexibility index (Phi) is 5.90. The van der Waals surface area contributed by atoms with Crippen LogP contribution in [0.3, 0.4) is 0 Å². The SMILES string of the molecule is Cc1cccc(Cn2nccc2NC(=O)CSc2nc3ccc(C)cc3c(=O)n2C)c1. The number of thioether (sulfide) groups is 1. The Morgan fingerprint density at radius 2 is 1.90 bits per heavy atom. The fourth-order valence-electron chi connectivity index (χ4n) is 3.35. The van der Waals surface area contributed by atoms with Gasteiger partial charge in [0, 0.05) is 13.1 Å². The van der Waals surface area contributed by atoms with E-state index in [0.29, 0.717) is 28.4 Å². The molecular formula is C23H23N5O2S. The molecule has 0 fully saturated rings. The molecule has 2 heterocycles. The fraction of sp³-hybridized carbons (Fsp3) is 0.217. The van der Waals surface area contributed by atoms with E-state index in [-0.39, 0.29) is 17.2 Å². The number of carbonyl (C=O) groups is 1. The second-order valence-corrected chi connectivity index (χ2v) is 8.42. The van der Waals surface area contributed by atoms with Crippen molar-refractivity contribution in [2.24, 2.45) is 7.05 Å². The molecule has 1 N–H and O–H groups in total. The summed E-state index contributed by atoms with van der Waals surface area (Å²) in [6, 6.07) is 15.5. The Labute approximate surface area is 184 Å². The van der Waals surface area contributed by atoms with Gasteiger partial charge < -0.3 is 5.32 Å². The van der Waals surface area contributed by atoms with Crippen molar-refractivity contribution in [1.82, 2.24) is 19.3 Å². The second-order valence-electron chi connectivity index (χ2n) is 7.48. The number of benzene rings is 2. The maximum atomic E-state index is 12.6. The maximum absolute atomic E-state index is 12.6. The Bertz CT molecular complexity index is 1330. The highest BCUT2D eigenvalue weighted by molar-refractivity contribution is 7.99. The molecule has 0 aliphatic rings. The van der Waals surface area contributed by atoms with Crippen LogP contribution in [0.25, 0.3) is 10.9 Å². The van der Waals surface area contributed by atoms with E-state index < -0.39 is 0 Å². The lowest BCUT2D eigenvalue weighted by Gasteiger charge is -2.11. The minimum absolute atomic E-state index is 0.118. The van der Waals surface area contributed by atoms with Gasteiger partial charge in [-0.15, -0.1) is 0 Å². The van der Waals surface area contributed by atoms with E-state index in [4.69, 9.17) is 0 Å². The summed E-state index contributed by atoms with van der Waals surface area (Å²) in [5, 5.41) is 8.30. The van der Waals surface area contributed by atoms with Crippen molar-refractivity contribution in [3.63, 3.8) is 0 Å². The van der Waals surface area contributed by atoms with Crippen molar-refractivity contribution in [2.75, 3.05) is 11.1 Å². The number of fused-ring (bicyclic) bond motifs is 1.